The molecule has 0 aliphatic heterocycles. The van der Waals surface area contributed by atoms with Crippen molar-refractivity contribution in [2.45, 2.75) is 26.2 Å². The second-order valence-electron chi connectivity index (χ2n) is 4.45. The molecule has 0 radical (unpaired) electrons. The van der Waals surface area contributed by atoms with E-state index in [0.29, 0.717) is 0 Å². The number of rotatable bonds is 5. The van der Waals surface area contributed by atoms with Gasteiger partial charge in [-0.3, -0.25) is 5.32 Å². The molecular weight excluding hydrogens is 252 g/mol. The number of carbonyl (C=O) groups is 1. The summed E-state index contributed by atoms with van der Waals surface area (Å²) in [5.74, 6) is 0.282. The fourth-order valence-electron chi connectivity index (χ4n) is 1.76. The molecule has 104 valence electrons. The van der Waals surface area contributed by atoms with Gasteiger partial charge in [0.2, 0.25) is 5.95 Å². The zero-order valence-corrected chi connectivity index (χ0v) is 11.5. The number of nitrogens with zero attached hydrogens (tertiary/aromatic N) is 2. The van der Waals surface area contributed by atoms with Crippen molar-refractivity contribution < 1.29 is 4.79 Å². The van der Waals surface area contributed by atoms with Crippen molar-refractivity contribution in [1.29, 1.82) is 0 Å². The number of hydrogen-bond donors (Lipinski definition) is 2. The number of carbonyl (C=O) groups excluding carboxylic acids is 1. The topological polar surface area (TPSA) is 66.9 Å². The van der Waals surface area contributed by atoms with Gasteiger partial charge in [-0.05, 0) is 36.6 Å². The van der Waals surface area contributed by atoms with Crippen LogP contribution < -0.4 is 10.6 Å². The van der Waals surface area contributed by atoms with E-state index in [4.69, 9.17) is 0 Å². The van der Waals surface area contributed by atoms with Crippen molar-refractivity contribution in [3.63, 3.8) is 0 Å². The first-order chi connectivity index (χ1) is 9.78. The van der Waals surface area contributed by atoms with Gasteiger partial charge < -0.3 is 5.32 Å². The molecule has 0 aliphatic rings. The monoisotopic (exact) mass is 270 g/mol. The summed E-state index contributed by atoms with van der Waals surface area (Å²) in [5, 5.41) is 5.31. The molecule has 2 N–H and O–H groups in total. The van der Waals surface area contributed by atoms with Crippen molar-refractivity contribution in [3.05, 3.63) is 48.3 Å². The summed E-state index contributed by atoms with van der Waals surface area (Å²) >= 11 is 0. The summed E-state index contributed by atoms with van der Waals surface area (Å²) in [5.41, 5.74) is 2.03. The van der Waals surface area contributed by atoms with E-state index in [9.17, 15) is 4.79 Å². The predicted octanol–water partition coefficient (Wildman–Crippen LogP) is 3.46. The molecule has 5 heteroatoms. The third kappa shape index (κ3) is 4.35. The molecule has 0 fully saturated rings. The highest BCUT2D eigenvalue weighted by molar-refractivity contribution is 5.98. The Hall–Kier alpha value is -2.43. The molecule has 5 nitrogen and oxygen atoms in total. The SMILES string of the molecule is CCCCc1ccc(NC(=O)Nc2ncccn2)cc1. The molecule has 0 saturated heterocycles. The number of aryl methyl sites for hydroxylation is 1. The number of urea groups is 1. The first-order valence-electron chi connectivity index (χ1n) is 6.72. The third-order valence-electron chi connectivity index (χ3n) is 2.82. The van der Waals surface area contributed by atoms with Gasteiger partial charge in [0.15, 0.2) is 0 Å². The number of amides is 2. The van der Waals surface area contributed by atoms with Gasteiger partial charge in [0.05, 0.1) is 0 Å². The van der Waals surface area contributed by atoms with Crippen LogP contribution in [-0.4, -0.2) is 16.0 Å². The lowest BCUT2D eigenvalue weighted by Gasteiger charge is -2.07. The quantitative estimate of drug-likeness (QED) is 0.874. The maximum atomic E-state index is 11.7. The van der Waals surface area contributed by atoms with E-state index in [1.54, 1.807) is 18.5 Å². The van der Waals surface area contributed by atoms with Gasteiger partial charge in [0, 0.05) is 18.1 Å². The number of benzene rings is 1. The average molecular weight is 270 g/mol. The van der Waals surface area contributed by atoms with Crippen molar-refractivity contribution in [1.82, 2.24) is 9.97 Å². The Morgan fingerprint density at radius 3 is 2.45 bits per heavy atom. The van der Waals surface area contributed by atoms with Crippen LogP contribution in [0.1, 0.15) is 25.3 Å². The Morgan fingerprint density at radius 2 is 1.80 bits per heavy atom. The summed E-state index contributed by atoms with van der Waals surface area (Å²) in [7, 11) is 0. The minimum absolute atomic E-state index is 0.282. The molecule has 1 heterocycles. The molecule has 20 heavy (non-hydrogen) atoms. The average Bonchev–Trinajstić information content (AvgIpc) is 2.47. The number of nitrogens with one attached hydrogen (secondary N) is 2. The molecule has 0 bridgehead atoms. The van der Waals surface area contributed by atoms with Crippen LogP contribution in [0.5, 0.6) is 0 Å². The fourth-order valence-corrected chi connectivity index (χ4v) is 1.76. The summed E-state index contributed by atoms with van der Waals surface area (Å²) in [6.07, 6.45) is 6.58. The molecule has 0 atom stereocenters. The maximum absolute atomic E-state index is 11.7. The van der Waals surface area contributed by atoms with Crippen LogP contribution >= 0.6 is 0 Å². The highest BCUT2D eigenvalue weighted by Crippen LogP contribution is 2.12. The molecule has 0 spiro atoms. The van der Waals surface area contributed by atoms with Crippen LogP contribution in [0.2, 0.25) is 0 Å². The molecule has 2 rings (SSSR count). The minimum atomic E-state index is -0.350. The fraction of sp³-hybridized carbons (Fsp3) is 0.267. The van der Waals surface area contributed by atoms with Crippen LogP contribution in [0.4, 0.5) is 16.4 Å². The van der Waals surface area contributed by atoms with Crippen LogP contribution in [-0.2, 0) is 6.42 Å². The molecule has 2 amide bonds. The van der Waals surface area contributed by atoms with Crippen molar-refractivity contribution in [2.24, 2.45) is 0 Å². The van der Waals surface area contributed by atoms with Crippen LogP contribution in [0, 0.1) is 0 Å². The standard InChI is InChI=1S/C15H18N4O/c1-2-3-5-12-6-8-13(9-7-12)18-15(20)19-14-16-10-4-11-17-14/h4,6-11H,2-3,5H2,1H3,(H2,16,17,18,19,20). The van der Waals surface area contributed by atoms with Gasteiger partial charge in [0.25, 0.3) is 0 Å². The van der Waals surface area contributed by atoms with Crippen LogP contribution in [0.3, 0.4) is 0 Å². The Labute approximate surface area is 118 Å². The van der Waals surface area contributed by atoms with Gasteiger partial charge in [-0.2, -0.15) is 0 Å². The molecule has 1 aromatic carbocycles. The van der Waals surface area contributed by atoms with Crippen LogP contribution in [0.15, 0.2) is 42.7 Å². The van der Waals surface area contributed by atoms with E-state index in [1.807, 2.05) is 24.3 Å². The van der Waals surface area contributed by atoms with Gasteiger partial charge >= 0.3 is 6.03 Å². The molecule has 2 aromatic rings. The Morgan fingerprint density at radius 1 is 1.10 bits per heavy atom. The lowest BCUT2D eigenvalue weighted by Crippen LogP contribution is -2.20. The summed E-state index contributed by atoms with van der Waals surface area (Å²) in [6, 6.07) is 9.21. The number of hydrogen-bond acceptors (Lipinski definition) is 3. The Balaban J connectivity index is 1.88. The van der Waals surface area contributed by atoms with E-state index < -0.39 is 0 Å². The molecule has 1 aromatic heterocycles. The summed E-state index contributed by atoms with van der Waals surface area (Å²) < 4.78 is 0. The van der Waals surface area contributed by atoms with E-state index >= 15 is 0 Å². The second kappa shape index (κ2) is 7.23. The Bertz CT molecular complexity index is 540. The van der Waals surface area contributed by atoms with E-state index in [1.165, 1.54) is 18.4 Å². The highest BCUT2D eigenvalue weighted by atomic mass is 16.2. The Kier molecular flexibility index (Phi) is 5.06. The van der Waals surface area contributed by atoms with Gasteiger partial charge in [-0.15, -0.1) is 0 Å². The maximum Gasteiger partial charge on any atom is 0.326 e. The lowest BCUT2D eigenvalue weighted by molar-refractivity contribution is 0.262. The first kappa shape index (κ1) is 14.0. The van der Waals surface area contributed by atoms with Crippen molar-refractivity contribution in [3.8, 4) is 0 Å². The largest absolute Gasteiger partial charge is 0.326 e. The molecule has 0 saturated carbocycles. The number of unbranched alkanes of at least 4 members (excludes halogenated alkanes) is 1. The van der Waals surface area contributed by atoms with Crippen LogP contribution in [0.25, 0.3) is 0 Å². The van der Waals surface area contributed by atoms with Gasteiger partial charge in [-0.1, -0.05) is 25.5 Å². The lowest BCUT2D eigenvalue weighted by atomic mass is 10.1. The number of anilines is 2. The number of aromatic nitrogens is 2. The van der Waals surface area contributed by atoms with E-state index in [-0.39, 0.29) is 12.0 Å². The third-order valence-corrected chi connectivity index (χ3v) is 2.82. The van der Waals surface area contributed by atoms with Crippen molar-refractivity contribution in [2.75, 3.05) is 10.6 Å². The predicted molar refractivity (Wildman–Crippen MR) is 79.7 cm³/mol. The molecular formula is C15H18N4O. The van der Waals surface area contributed by atoms with Gasteiger partial charge in [0.1, 0.15) is 0 Å². The zero-order valence-electron chi connectivity index (χ0n) is 11.5. The molecule has 0 unspecified atom stereocenters. The van der Waals surface area contributed by atoms with Gasteiger partial charge in [-0.25, -0.2) is 14.8 Å². The summed E-state index contributed by atoms with van der Waals surface area (Å²) in [6.45, 7) is 2.17. The minimum Gasteiger partial charge on any atom is -0.308 e. The highest BCUT2D eigenvalue weighted by Gasteiger charge is 2.03. The smallest absolute Gasteiger partial charge is 0.308 e. The summed E-state index contributed by atoms with van der Waals surface area (Å²) in [4.78, 5) is 19.6. The second-order valence-corrected chi connectivity index (χ2v) is 4.45. The van der Waals surface area contributed by atoms with E-state index in [0.717, 1.165) is 12.1 Å². The van der Waals surface area contributed by atoms with E-state index in [2.05, 4.69) is 27.5 Å². The normalized spacial score (nSPS) is 10.1. The van der Waals surface area contributed by atoms with Crippen molar-refractivity contribution >= 4 is 17.7 Å². The first-order valence-corrected chi connectivity index (χ1v) is 6.72. The zero-order chi connectivity index (χ0) is 14.2. The molecule has 0 aliphatic carbocycles.